The number of imidazole rings is 1. The molecular weight excluding hydrogens is 172 g/mol. The second-order valence-electron chi connectivity index (χ2n) is 4.39. The number of rotatable bonds is 5. The highest BCUT2D eigenvalue weighted by Crippen LogP contribution is 2.31. The molecule has 1 atom stereocenters. The summed E-state index contributed by atoms with van der Waals surface area (Å²) in [6.07, 6.45) is 7.02. The van der Waals surface area contributed by atoms with E-state index < -0.39 is 0 Å². The lowest BCUT2D eigenvalue weighted by atomic mass is 9.80. The number of nitrogens with one attached hydrogen (secondary N) is 1. The van der Waals surface area contributed by atoms with Crippen molar-refractivity contribution < 1.29 is 0 Å². The molecule has 1 unspecified atom stereocenters. The van der Waals surface area contributed by atoms with Crippen LogP contribution < -0.4 is 0 Å². The zero-order chi connectivity index (χ0) is 10.6. The van der Waals surface area contributed by atoms with Crippen molar-refractivity contribution in [2.45, 2.75) is 58.8 Å². The van der Waals surface area contributed by atoms with Crippen molar-refractivity contribution in [3.63, 3.8) is 0 Å². The summed E-state index contributed by atoms with van der Waals surface area (Å²) >= 11 is 0. The average Bonchev–Trinajstić information content (AvgIpc) is 2.62. The number of hydrogen-bond donors (Lipinski definition) is 1. The third-order valence-electron chi connectivity index (χ3n) is 3.19. The third-order valence-corrected chi connectivity index (χ3v) is 3.19. The van der Waals surface area contributed by atoms with Crippen LogP contribution in [0.25, 0.3) is 0 Å². The van der Waals surface area contributed by atoms with Crippen LogP contribution in [0.15, 0.2) is 6.20 Å². The molecule has 1 heterocycles. The van der Waals surface area contributed by atoms with E-state index in [1.807, 2.05) is 6.92 Å². The van der Waals surface area contributed by atoms with Crippen LogP contribution in [-0.4, -0.2) is 9.97 Å². The topological polar surface area (TPSA) is 28.7 Å². The number of unbranched alkanes of at least 4 members (excludes halogenated alkanes) is 1. The fourth-order valence-corrected chi connectivity index (χ4v) is 1.78. The second-order valence-corrected chi connectivity index (χ2v) is 4.39. The minimum Gasteiger partial charge on any atom is -0.349 e. The molecule has 0 aliphatic rings. The van der Waals surface area contributed by atoms with Crippen LogP contribution >= 0.6 is 0 Å². The van der Waals surface area contributed by atoms with Gasteiger partial charge in [0.2, 0.25) is 0 Å². The molecule has 80 valence electrons. The number of aryl methyl sites for hydroxylation is 1. The molecular formula is C12H22N2. The van der Waals surface area contributed by atoms with Gasteiger partial charge >= 0.3 is 0 Å². The van der Waals surface area contributed by atoms with Gasteiger partial charge in [0.05, 0.1) is 5.69 Å². The standard InChI is InChI=1S/C12H22N2/c1-5-7-8-12(4,6-2)11-9-13-10(3)14-11/h9H,5-8H2,1-4H3,(H,13,14). The molecule has 0 bridgehead atoms. The Balaban J connectivity index is 2.78. The lowest BCUT2D eigenvalue weighted by Gasteiger charge is -2.25. The molecule has 0 radical (unpaired) electrons. The van der Waals surface area contributed by atoms with Gasteiger partial charge < -0.3 is 4.98 Å². The van der Waals surface area contributed by atoms with Crippen LogP contribution in [0.4, 0.5) is 0 Å². The SMILES string of the molecule is CCCCC(C)(CC)c1c[nH]c(C)n1. The van der Waals surface area contributed by atoms with E-state index >= 15 is 0 Å². The Morgan fingerprint density at radius 1 is 1.43 bits per heavy atom. The van der Waals surface area contributed by atoms with Crippen molar-refractivity contribution in [2.75, 3.05) is 0 Å². The number of nitrogens with zero attached hydrogens (tertiary/aromatic N) is 1. The van der Waals surface area contributed by atoms with Crippen molar-refractivity contribution in [2.24, 2.45) is 0 Å². The van der Waals surface area contributed by atoms with Gasteiger partial charge in [-0.2, -0.15) is 0 Å². The van der Waals surface area contributed by atoms with E-state index in [0.717, 1.165) is 12.2 Å². The molecule has 0 aromatic carbocycles. The minimum absolute atomic E-state index is 0.265. The average molecular weight is 194 g/mol. The maximum absolute atomic E-state index is 4.55. The molecule has 0 saturated heterocycles. The van der Waals surface area contributed by atoms with E-state index in [0.29, 0.717) is 0 Å². The summed E-state index contributed by atoms with van der Waals surface area (Å²) in [5, 5.41) is 0. The van der Waals surface area contributed by atoms with E-state index in [1.165, 1.54) is 25.0 Å². The Hall–Kier alpha value is -0.790. The molecule has 1 aromatic heterocycles. The first-order valence-electron chi connectivity index (χ1n) is 5.65. The predicted molar refractivity (Wildman–Crippen MR) is 60.5 cm³/mol. The van der Waals surface area contributed by atoms with Crippen molar-refractivity contribution in [1.29, 1.82) is 0 Å². The maximum Gasteiger partial charge on any atom is 0.103 e. The minimum atomic E-state index is 0.265. The molecule has 0 saturated carbocycles. The molecule has 0 spiro atoms. The van der Waals surface area contributed by atoms with E-state index in [1.54, 1.807) is 0 Å². The Morgan fingerprint density at radius 2 is 2.14 bits per heavy atom. The Labute approximate surface area is 87.1 Å². The molecule has 1 rings (SSSR count). The smallest absolute Gasteiger partial charge is 0.103 e. The van der Waals surface area contributed by atoms with E-state index in [-0.39, 0.29) is 5.41 Å². The first-order chi connectivity index (χ1) is 6.62. The van der Waals surface area contributed by atoms with Crippen LogP contribution in [0.1, 0.15) is 58.0 Å². The fraction of sp³-hybridized carbons (Fsp3) is 0.750. The molecule has 1 aromatic rings. The van der Waals surface area contributed by atoms with Gasteiger partial charge in [0.1, 0.15) is 5.82 Å². The largest absolute Gasteiger partial charge is 0.349 e. The maximum atomic E-state index is 4.55. The first kappa shape index (κ1) is 11.3. The van der Waals surface area contributed by atoms with Gasteiger partial charge in [-0.3, -0.25) is 0 Å². The third kappa shape index (κ3) is 2.37. The number of hydrogen-bond acceptors (Lipinski definition) is 1. The number of aromatic nitrogens is 2. The molecule has 2 nitrogen and oxygen atoms in total. The Kier molecular flexibility index (Phi) is 3.73. The Bertz CT molecular complexity index is 278. The first-order valence-corrected chi connectivity index (χ1v) is 5.65. The highest BCUT2D eigenvalue weighted by Gasteiger charge is 2.26. The van der Waals surface area contributed by atoms with Crippen LogP contribution in [0.5, 0.6) is 0 Å². The molecule has 0 amide bonds. The summed E-state index contributed by atoms with van der Waals surface area (Å²) in [5.41, 5.74) is 1.49. The fourth-order valence-electron chi connectivity index (χ4n) is 1.78. The zero-order valence-corrected chi connectivity index (χ0v) is 9.85. The number of H-pyrrole nitrogens is 1. The number of aromatic amines is 1. The van der Waals surface area contributed by atoms with Crippen LogP contribution in [0.2, 0.25) is 0 Å². The van der Waals surface area contributed by atoms with Crippen molar-refractivity contribution in [1.82, 2.24) is 9.97 Å². The molecule has 2 heteroatoms. The molecule has 0 aliphatic heterocycles. The van der Waals surface area contributed by atoms with Gasteiger partial charge in [-0.15, -0.1) is 0 Å². The van der Waals surface area contributed by atoms with Gasteiger partial charge in [-0.05, 0) is 19.8 Å². The summed E-state index contributed by atoms with van der Waals surface area (Å²) < 4.78 is 0. The molecule has 0 aliphatic carbocycles. The summed E-state index contributed by atoms with van der Waals surface area (Å²) in [6.45, 7) is 8.82. The zero-order valence-electron chi connectivity index (χ0n) is 9.85. The van der Waals surface area contributed by atoms with E-state index in [9.17, 15) is 0 Å². The highest BCUT2D eigenvalue weighted by molar-refractivity contribution is 5.13. The summed E-state index contributed by atoms with van der Waals surface area (Å²) in [7, 11) is 0. The van der Waals surface area contributed by atoms with Gasteiger partial charge in [0.25, 0.3) is 0 Å². The quantitative estimate of drug-likeness (QED) is 0.762. The van der Waals surface area contributed by atoms with E-state index in [2.05, 4.69) is 36.9 Å². The normalized spacial score (nSPS) is 15.4. The van der Waals surface area contributed by atoms with Gasteiger partial charge in [0.15, 0.2) is 0 Å². The summed E-state index contributed by atoms with van der Waals surface area (Å²) in [6, 6.07) is 0. The van der Waals surface area contributed by atoms with E-state index in [4.69, 9.17) is 0 Å². The summed E-state index contributed by atoms with van der Waals surface area (Å²) in [4.78, 5) is 7.72. The predicted octanol–water partition coefficient (Wildman–Crippen LogP) is 3.58. The summed E-state index contributed by atoms with van der Waals surface area (Å²) in [5.74, 6) is 1.02. The van der Waals surface area contributed by atoms with Gasteiger partial charge in [0, 0.05) is 11.6 Å². The highest BCUT2D eigenvalue weighted by atomic mass is 14.9. The van der Waals surface area contributed by atoms with Crippen molar-refractivity contribution in [3.05, 3.63) is 17.7 Å². The Morgan fingerprint density at radius 3 is 2.57 bits per heavy atom. The molecule has 1 N–H and O–H groups in total. The van der Waals surface area contributed by atoms with Crippen molar-refractivity contribution in [3.8, 4) is 0 Å². The van der Waals surface area contributed by atoms with Gasteiger partial charge in [-0.25, -0.2) is 4.98 Å². The lowest BCUT2D eigenvalue weighted by molar-refractivity contribution is 0.393. The van der Waals surface area contributed by atoms with Crippen molar-refractivity contribution >= 4 is 0 Å². The lowest BCUT2D eigenvalue weighted by Crippen LogP contribution is -2.21. The molecule has 14 heavy (non-hydrogen) atoms. The van der Waals surface area contributed by atoms with Crippen LogP contribution in [-0.2, 0) is 5.41 Å². The monoisotopic (exact) mass is 194 g/mol. The van der Waals surface area contributed by atoms with Gasteiger partial charge in [-0.1, -0.05) is 33.6 Å². The molecule has 0 fully saturated rings. The van der Waals surface area contributed by atoms with Crippen LogP contribution in [0, 0.1) is 6.92 Å². The second kappa shape index (κ2) is 4.63. The van der Waals surface area contributed by atoms with Crippen LogP contribution in [0.3, 0.4) is 0 Å².